The van der Waals surface area contributed by atoms with Gasteiger partial charge in [-0.2, -0.15) is 0 Å². The van der Waals surface area contributed by atoms with Gasteiger partial charge < -0.3 is 14.8 Å². The van der Waals surface area contributed by atoms with Crippen LogP contribution in [0.5, 0.6) is 0 Å². The molecule has 2 amide bonds. The summed E-state index contributed by atoms with van der Waals surface area (Å²) in [5.41, 5.74) is 0.992. The number of halogens is 1. The maximum Gasteiger partial charge on any atom is 0.227 e. The van der Waals surface area contributed by atoms with Crippen molar-refractivity contribution in [2.45, 2.75) is 19.3 Å². The Labute approximate surface area is 150 Å². The Kier molecular flexibility index (Phi) is 5.58. The van der Waals surface area contributed by atoms with Crippen LogP contribution in [0.15, 0.2) is 30.6 Å². The van der Waals surface area contributed by atoms with Crippen molar-refractivity contribution in [1.29, 1.82) is 0 Å². The molecule has 1 aliphatic heterocycles. The number of aromatic nitrogens is 1. The number of carbonyl (C=O) groups is 2. The van der Waals surface area contributed by atoms with Crippen molar-refractivity contribution in [1.82, 2.24) is 14.8 Å². The van der Waals surface area contributed by atoms with Crippen LogP contribution in [0.25, 0.3) is 0 Å². The SMILES string of the molecule is O=C(Cc1cc[nH]c1)N1CCCN(C(=O)Cc2ccc(Cl)s2)CC1. The van der Waals surface area contributed by atoms with Crippen molar-refractivity contribution in [3.8, 4) is 0 Å². The number of amides is 2. The normalized spacial score (nSPS) is 15.4. The molecule has 128 valence electrons. The number of thiophene rings is 1. The summed E-state index contributed by atoms with van der Waals surface area (Å²) in [6.07, 6.45) is 5.27. The fourth-order valence-electron chi connectivity index (χ4n) is 2.88. The molecule has 0 radical (unpaired) electrons. The molecule has 3 heterocycles. The lowest BCUT2D eigenvalue weighted by molar-refractivity contribution is -0.132. The molecule has 0 aliphatic carbocycles. The first-order valence-electron chi connectivity index (χ1n) is 8.03. The van der Waals surface area contributed by atoms with Crippen LogP contribution >= 0.6 is 22.9 Å². The quantitative estimate of drug-likeness (QED) is 0.905. The lowest BCUT2D eigenvalue weighted by Gasteiger charge is -2.22. The maximum absolute atomic E-state index is 12.4. The Hall–Kier alpha value is -1.79. The predicted molar refractivity (Wildman–Crippen MR) is 95.3 cm³/mol. The molecule has 2 aromatic rings. The zero-order chi connectivity index (χ0) is 16.9. The van der Waals surface area contributed by atoms with Crippen LogP contribution in [-0.2, 0) is 22.4 Å². The van der Waals surface area contributed by atoms with Gasteiger partial charge in [-0.05, 0) is 30.2 Å². The molecule has 0 saturated carbocycles. The largest absolute Gasteiger partial charge is 0.367 e. The van der Waals surface area contributed by atoms with Gasteiger partial charge in [-0.1, -0.05) is 11.6 Å². The highest BCUT2D eigenvalue weighted by Gasteiger charge is 2.22. The van der Waals surface area contributed by atoms with E-state index in [9.17, 15) is 9.59 Å². The fourth-order valence-corrected chi connectivity index (χ4v) is 3.96. The van der Waals surface area contributed by atoms with Gasteiger partial charge in [0.05, 0.1) is 17.2 Å². The summed E-state index contributed by atoms with van der Waals surface area (Å²) in [7, 11) is 0. The summed E-state index contributed by atoms with van der Waals surface area (Å²) >= 11 is 7.36. The zero-order valence-electron chi connectivity index (χ0n) is 13.3. The van der Waals surface area contributed by atoms with Gasteiger partial charge in [-0.3, -0.25) is 9.59 Å². The third-order valence-corrected chi connectivity index (χ3v) is 5.40. The van der Waals surface area contributed by atoms with E-state index < -0.39 is 0 Å². The van der Waals surface area contributed by atoms with Gasteiger partial charge in [0.15, 0.2) is 0 Å². The van der Waals surface area contributed by atoms with Crippen molar-refractivity contribution < 1.29 is 9.59 Å². The monoisotopic (exact) mass is 365 g/mol. The van der Waals surface area contributed by atoms with Gasteiger partial charge in [0.1, 0.15) is 0 Å². The van der Waals surface area contributed by atoms with E-state index in [0.717, 1.165) is 16.9 Å². The second-order valence-electron chi connectivity index (χ2n) is 5.89. The van der Waals surface area contributed by atoms with Crippen molar-refractivity contribution in [3.63, 3.8) is 0 Å². The Morgan fingerprint density at radius 2 is 1.75 bits per heavy atom. The van der Waals surface area contributed by atoms with E-state index in [1.807, 2.05) is 40.4 Å². The van der Waals surface area contributed by atoms with Crippen LogP contribution in [0.1, 0.15) is 16.9 Å². The van der Waals surface area contributed by atoms with Gasteiger partial charge in [-0.25, -0.2) is 0 Å². The van der Waals surface area contributed by atoms with E-state index >= 15 is 0 Å². The Bertz CT molecular complexity index is 699. The first kappa shape index (κ1) is 17.0. The third-order valence-electron chi connectivity index (χ3n) is 4.17. The average Bonchev–Trinajstić information content (AvgIpc) is 3.12. The number of nitrogens with zero attached hydrogens (tertiary/aromatic N) is 2. The molecule has 1 saturated heterocycles. The molecule has 1 aliphatic rings. The number of nitrogens with one attached hydrogen (secondary N) is 1. The van der Waals surface area contributed by atoms with Gasteiger partial charge in [0.2, 0.25) is 11.8 Å². The summed E-state index contributed by atoms with van der Waals surface area (Å²) < 4.78 is 0.704. The number of aromatic amines is 1. The number of H-pyrrole nitrogens is 1. The lowest BCUT2D eigenvalue weighted by atomic mass is 10.2. The summed E-state index contributed by atoms with van der Waals surface area (Å²) in [5, 5.41) is 0. The van der Waals surface area contributed by atoms with E-state index in [-0.39, 0.29) is 11.8 Å². The van der Waals surface area contributed by atoms with Gasteiger partial charge in [-0.15, -0.1) is 11.3 Å². The standard InChI is InChI=1S/C17H20ClN3O2S/c18-15-3-2-14(24-15)11-17(23)21-7-1-6-20(8-9-21)16(22)10-13-4-5-19-12-13/h2-5,12,19H,1,6-11H2. The van der Waals surface area contributed by atoms with Crippen molar-refractivity contribution in [3.05, 3.63) is 45.4 Å². The van der Waals surface area contributed by atoms with Crippen molar-refractivity contribution in [2.75, 3.05) is 26.2 Å². The molecule has 1 fully saturated rings. The lowest BCUT2D eigenvalue weighted by Crippen LogP contribution is -2.38. The highest BCUT2D eigenvalue weighted by atomic mass is 35.5. The summed E-state index contributed by atoms with van der Waals surface area (Å²) in [4.78, 5) is 32.5. The molecule has 3 rings (SSSR count). The minimum absolute atomic E-state index is 0.105. The Balaban J connectivity index is 1.52. The molecule has 24 heavy (non-hydrogen) atoms. The third kappa shape index (κ3) is 4.39. The van der Waals surface area contributed by atoms with Gasteiger partial charge >= 0.3 is 0 Å². The molecule has 0 bridgehead atoms. The first-order valence-corrected chi connectivity index (χ1v) is 9.22. The molecule has 0 atom stereocenters. The molecule has 5 nitrogen and oxygen atoms in total. The average molecular weight is 366 g/mol. The summed E-state index contributed by atoms with van der Waals surface area (Å²) in [6, 6.07) is 5.63. The Morgan fingerprint density at radius 3 is 2.33 bits per heavy atom. The number of rotatable bonds is 4. The van der Waals surface area contributed by atoms with Gasteiger partial charge in [0, 0.05) is 43.4 Å². The van der Waals surface area contributed by atoms with Crippen LogP contribution in [0.2, 0.25) is 4.34 Å². The van der Waals surface area contributed by atoms with Crippen LogP contribution < -0.4 is 0 Å². The zero-order valence-corrected chi connectivity index (χ0v) is 14.9. The molecule has 2 aromatic heterocycles. The summed E-state index contributed by atoms with van der Waals surface area (Å²) in [5.74, 6) is 0.224. The molecule has 7 heteroatoms. The molecule has 1 N–H and O–H groups in total. The van der Waals surface area contributed by atoms with Gasteiger partial charge in [0.25, 0.3) is 0 Å². The second-order valence-corrected chi connectivity index (χ2v) is 7.69. The molecular formula is C17H20ClN3O2S. The summed E-state index contributed by atoms with van der Waals surface area (Å²) in [6.45, 7) is 2.60. The number of hydrogen-bond acceptors (Lipinski definition) is 3. The molecule has 0 unspecified atom stereocenters. The van der Waals surface area contributed by atoms with E-state index in [2.05, 4.69) is 4.98 Å². The highest BCUT2D eigenvalue weighted by Crippen LogP contribution is 2.22. The van der Waals surface area contributed by atoms with Crippen LogP contribution in [0.3, 0.4) is 0 Å². The van der Waals surface area contributed by atoms with Crippen molar-refractivity contribution >= 4 is 34.8 Å². The number of carbonyl (C=O) groups excluding carboxylic acids is 2. The van der Waals surface area contributed by atoms with Crippen LogP contribution in [0.4, 0.5) is 0 Å². The second kappa shape index (κ2) is 7.85. The smallest absolute Gasteiger partial charge is 0.227 e. The van der Waals surface area contributed by atoms with Crippen LogP contribution in [-0.4, -0.2) is 52.8 Å². The predicted octanol–water partition coefficient (Wildman–Crippen LogP) is 2.58. The van der Waals surface area contributed by atoms with E-state index in [4.69, 9.17) is 11.6 Å². The first-order chi connectivity index (χ1) is 11.6. The maximum atomic E-state index is 12.4. The van der Waals surface area contributed by atoms with Crippen molar-refractivity contribution in [2.24, 2.45) is 0 Å². The van der Waals surface area contributed by atoms with E-state index in [1.165, 1.54) is 11.3 Å². The highest BCUT2D eigenvalue weighted by molar-refractivity contribution is 7.16. The topological polar surface area (TPSA) is 56.4 Å². The van der Waals surface area contributed by atoms with Crippen LogP contribution in [0, 0.1) is 0 Å². The molecule has 0 aromatic carbocycles. The van der Waals surface area contributed by atoms with E-state index in [0.29, 0.717) is 43.4 Å². The minimum atomic E-state index is 0.105. The molecular weight excluding hydrogens is 346 g/mol. The van der Waals surface area contributed by atoms with E-state index in [1.54, 1.807) is 0 Å². The fraction of sp³-hybridized carbons (Fsp3) is 0.412. The Morgan fingerprint density at radius 1 is 1.04 bits per heavy atom. The number of hydrogen-bond donors (Lipinski definition) is 1. The molecule has 0 spiro atoms. The minimum Gasteiger partial charge on any atom is -0.367 e.